The van der Waals surface area contributed by atoms with Crippen molar-refractivity contribution in [3.8, 4) is 62.0 Å². The van der Waals surface area contributed by atoms with Gasteiger partial charge in [0.2, 0.25) is 0 Å². The largest absolute Gasteiger partial charge is 0.569 e. The van der Waals surface area contributed by atoms with Crippen molar-refractivity contribution < 1.29 is 9.68 Å². The van der Waals surface area contributed by atoms with Crippen LogP contribution in [0.15, 0.2) is 170 Å². The third kappa shape index (κ3) is 10.8. The van der Waals surface area contributed by atoms with Crippen molar-refractivity contribution >= 4 is 42.5 Å². The number of nitrogens with zero attached hydrogens (tertiary/aromatic N) is 6. The molecule has 0 spiro atoms. The van der Waals surface area contributed by atoms with Crippen LogP contribution in [-0.2, 0) is 0 Å². The summed E-state index contributed by atoms with van der Waals surface area (Å²) in [5.41, 5.74) is 7.95. The van der Waals surface area contributed by atoms with Gasteiger partial charge in [0.05, 0.1) is 5.69 Å². The predicted molar refractivity (Wildman–Crippen MR) is 217 cm³/mol. The summed E-state index contributed by atoms with van der Waals surface area (Å²) in [7, 11) is 0.666. The molecule has 12 heteroatoms. The molecule has 0 aliphatic carbocycles. The van der Waals surface area contributed by atoms with Gasteiger partial charge in [-0.3, -0.25) is 9.97 Å². The van der Waals surface area contributed by atoms with E-state index in [2.05, 4.69) is 42.0 Å². The van der Waals surface area contributed by atoms with Crippen molar-refractivity contribution in [1.29, 1.82) is 0 Å². The lowest BCUT2D eigenvalue weighted by Crippen LogP contribution is -1.99. The maximum Gasteiger partial charge on any atom is 0.569 e. The van der Waals surface area contributed by atoms with Gasteiger partial charge in [-0.05, 0) is 46.5 Å². The van der Waals surface area contributed by atoms with E-state index >= 15 is 0 Å². The molecule has 4 aromatic carbocycles. The second-order valence-electron chi connectivity index (χ2n) is 11.3. The Morgan fingerprint density at radius 3 is 1.31 bits per heavy atom. The summed E-state index contributed by atoms with van der Waals surface area (Å²) in [6.07, 6.45) is 7.16. The topological polar surface area (TPSA) is 107 Å². The van der Waals surface area contributed by atoms with Crippen LogP contribution in [-0.4, -0.2) is 42.6 Å². The highest BCUT2D eigenvalue weighted by atomic mass is 35.5. The van der Waals surface area contributed by atoms with Gasteiger partial charge in [0.25, 0.3) is 0 Å². The molecule has 263 valence electrons. The Labute approximate surface area is 328 Å². The van der Waals surface area contributed by atoms with E-state index in [1.54, 1.807) is 36.8 Å². The van der Waals surface area contributed by atoms with E-state index in [4.69, 9.17) is 44.5 Å². The summed E-state index contributed by atoms with van der Waals surface area (Å²) in [6.45, 7) is 0. The second-order valence-corrected chi connectivity index (χ2v) is 12.4. The van der Waals surface area contributed by atoms with Crippen molar-refractivity contribution in [3.05, 3.63) is 186 Å². The second kappa shape index (κ2) is 19.2. The zero-order chi connectivity index (χ0) is 37.5. The monoisotopic (exact) mass is 765 g/mol. The average molecular weight is 767 g/mol. The van der Waals surface area contributed by atoms with Gasteiger partial charge in [0, 0.05) is 53.6 Å². The van der Waals surface area contributed by atoms with Crippen LogP contribution in [0.2, 0.25) is 15.5 Å². The molecule has 0 bridgehead atoms. The maximum absolute atomic E-state index is 8.45. The SMILES string of the molecule is Clc1cc(-c2ccc(-c3cccnc3)cc2)nc(-c2ccccc2)n1.Clc1cc(Cl)nc(-c2ccccc2)n1.O[B]Oc1ccc(-c2cccnc2)cc1. The van der Waals surface area contributed by atoms with Crippen molar-refractivity contribution in [2.45, 2.75) is 0 Å². The standard InChI is InChI=1S/C21H14ClN3.C11H9BNO2.C10H6Cl2N2/c22-20-13-19(24-21(25-20)17-5-2-1-3-6-17)16-10-8-15(9-11-16)18-7-4-12-23-14-18;14-12-15-11-5-3-9(4-6-11)10-2-1-7-13-8-10;11-8-6-9(12)14-10(13-8)7-4-2-1-3-5-7/h1-14H;1-8,14H;1-6H. The van der Waals surface area contributed by atoms with Crippen LogP contribution >= 0.6 is 34.8 Å². The van der Waals surface area contributed by atoms with Gasteiger partial charge in [-0.1, -0.05) is 144 Å². The first-order valence-electron chi connectivity index (χ1n) is 16.4. The summed E-state index contributed by atoms with van der Waals surface area (Å²) in [4.78, 5) is 25.4. The number of hydrogen-bond acceptors (Lipinski definition) is 8. The minimum Gasteiger partial charge on any atom is -0.537 e. The fraction of sp³-hybridized carbons (Fsp3) is 0. The van der Waals surface area contributed by atoms with Crippen LogP contribution in [0.25, 0.3) is 56.3 Å². The van der Waals surface area contributed by atoms with E-state index in [0.29, 0.717) is 40.5 Å². The van der Waals surface area contributed by atoms with Crippen LogP contribution in [0.4, 0.5) is 0 Å². The molecule has 8 aromatic rings. The van der Waals surface area contributed by atoms with Crippen LogP contribution in [0.1, 0.15) is 0 Å². The lowest BCUT2D eigenvalue weighted by Gasteiger charge is -2.07. The van der Waals surface area contributed by atoms with Crippen molar-refractivity contribution in [3.63, 3.8) is 0 Å². The minimum absolute atomic E-state index is 0.351. The van der Waals surface area contributed by atoms with Crippen LogP contribution in [0, 0.1) is 0 Å². The molecule has 0 unspecified atom stereocenters. The van der Waals surface area contributed by atoms with E-state index in [9.17, 15) is 0 Å². The molecule has 0 aliphatic heterocycles. The highest BCUT2D eigenvalue weighted by molar-refractivity contribution is 6.33. The Bertz CT molecular complexity index is 2340. The smallest absolute Gasteiger partial charge is 0.537 e. The average Bonchev–Trinajstić information content (AvgIpc) is 3.22. The van der Waals surface area contributed by atoms with Gasteiger partial charge >= 0.3 is 7.69 Å². The van der Waals surface area contributed by atoms with Crippen molar-refractivity contribution in [1.82, 2.24) is 29.9 Å². The van der Waals surface area contributed by atoms with Gasteiger partial charge < -0.3 is 9.68 Å². The zero-order valence-corrected chi connectivity index (χ0v) is 30.7. The molecule has 0 saturated heterocycles. The summed E-state index contributed by atoms with van der Waals surface area (Å²) in [6, 6.07) is 46.1. The van der Waals surface area contributed by atoms with Crippen LogP contribution in [0.3, 0.4) is 0 Å². The van der Waals surface area contributed by atoms with E-state index in [1.807, 2.05) is 115 Å². The summed E-state index contributed by atoms with van der Waals surface area (Å²) < 4.78 is 4.81. The number of pyridine rings is 2. The molecule has 8 rings (SSSR count). The van der Waals surface area contributed by atoms with Crippen molar-refractivity contribution in [2.24, 2.45) is 0 Å². The first-order chi connectivity index (χ1) is 26.4. The molecule has 0 aliphatic rings. The lowest BCUT2D eigenvalue weighted by atomic mass is 10.0. The number of benzene rings is 4. The molecule has 4 aromatic heterocycles. The van der Waals surface area contributed by atoms with Crippen LogP contribution < -0.4 is 4.65 Å². The van der Waals surface area contributed by atoms with Gasteiger partial charge in [-0.15, -0.1) is 0 Å². The van der Waals surface area contributed by atoms with Gasteiger partial charge in [-0.2, -0.15) is 0 Å². The fourth-order valence-corrected chi connectivity index (χ4v) is 5.68. The number of halogens is 3. The van der Waals surface area contributed by atoms with E-state index in [-0.39, 0.29) is 0 Å². The third-order valence-corrected chi connectivity index (χ3v) is 8.22. The molecule has 0 fully saturated rings. The van der Waals surface area contributed by atoms with E-state index in [1.165, 1.54) is 6.07 Å². The molecular formula is C42H29BCl3N6O2. The predicted octanol–water partition coefficient (Wildman–Crippen LogP) is 10.6. The Kier molecular flexibility index (Phi) is 13.4. The number of aromatic nitrogens is 6. The Hall–Kier alpha value is -5.97. The highest BCUT2D eigenvalue weighted by Crippen LogP contribution is 2.27. The highest BCUT2D eigenvalue weighted by Gasteiger charge is 2.09. The summed E-state index contributed by atoms with van der Waals surface area (Å²) in [5.74, 6) is 1.77. The Morgan fingerprint density at radius 1 is 0.426 bits per heavy atom. The lowest BCUT2D eigenvalue weighted by molar-refractivity contribution is 0.454. The first-order valence-corrected chi connectivity index (χ1v) is 17.6. The van der Waals surface area contributed by atoms with Gasteiger partial charge in [0.1, 0.15) is 21.2 Å². The fourth-order valence-electron chi connectivity index (χ4n) is 5.08. The zero-order valence-electron chi connectivity index (χ0n) is 28.4. The molecule has 1 radical (unpaired) electrons. The quantitative estimate of drug-likeness (QED) is 0.126. The molecule has 0 saturated carbocycles. The Balaban J connectivity index is 0.000000148. The molecule has 54 heavy (non-hydrogen) atoms. The summed E-state index contributed by atoms with van der Waals surface area (Å²) >= 11 is 17.7. The molecule has 1 N–H and O–H groups in total. The first kappa shape index (κ1) is 37.8. The van der Waals surface area contributed by atoms with E-state index in [0.717, 1.165) is 44.6 Å². The molecule has 8 nitrogen and oxygen atoms in total. The van der Waals surface area contributed by atoms with E-state index < -0.39 is 0 Å². The molecule has 0 atom stereocenters. The molecule has 4 heterocycles. The normalized spacial score (nSPS) is 10.2. The summed E-state index contributed by atoms with van der Waals surface area (Å²) in [5, 5.41) is 9.58. The number of rotatable bonds is 7. The van der Waals surface area contributed by atoms with Gasteiger partial charge in [-0.25, -0.2) is 19.9 Å². The van der Waals surface area contributed by atoms with Crippen molar-refractivity contribution in [2.75, 3.05) is 0 Å². The molecular weight excluding hydrogens is 738 g/mol. The third-order valence-electron chi connectivity index (χ3n) is 7.64. The Morgan fingerprint density at radius 2 is 0.852 bits per heavy atom. The van der Waals surface area contributed by atoms with Crippen LogP contribution in [0.5, 0.6) is 5.75 Å². The minimum atomic E-state index is 0.351. The molecule has 0 amide bonds. The number of hydrogen-bond donors (Lipinski definition) is 1. The van der Waals surface area contributed by atoms with Gasteiger partial charge in [0.15, 0.2) is 11.6 Å². The maximum atomic E-state index is 8.45.